The zero-order valence-electron chi connectivity index (χ0n) is 16.8. The van der Waals surface area contributed by atoms with Crippen LogP contribution >= 0.6 is 0 Å². The predicted octanol–water partition coefficient (Wildman–Crippen LogP) is 1.99. The first kappa shape index (κ1) is 20.2. The minimum Gasteiger partial charge on any atom is -0.438 e. The lowest BCUT2D eigenvalue weighted by Crippen LogP contribution is -2.33. The number of hydrogen-bond donors (Lipinski definition) is 3. The smallest absolute Gasteiger partial charge is 0.267 e. The van der Waals surface area contributed by atoms with Crippen LogP contribution in [0.2, 0.25) is 0 Å². The molecule has 2 aromatic heterocycles. The van der Waals surface area contributed by atoms with E-state index in [2.05, 4.69) is 25.3 Å². The Kier molecular flexibility index (Phi) is 5.44. The number of primary amides is 2. The molecule has 1 atom stereocenters. The molecule has 0 saturated heterocycles. The Morgan fingerprint density at radius 2 is 1.84 bits per heavy atom. The summed E-state index contributed by atoms with van der Waals surface area (Å²) in [6.45, 7) is 1.58. The van der Waals surface area contributed by atoms with Gasteiger partial charge in [0.2, 0.25) is 11.8 Å². The van der Waals surface area contributed by atoms with Crippen molar-refractivity contribution in [2.45, 2.75) is 31.7 Å². The third kappa shape index (κ3) is 4.92. The number of nitrogens with one attached hydrogen (secondary N) is 1. The highest BCUT2D eigenvalue weighted by atomic mass is 16.5. The van der Waals surface area contributed by atoms with E-state index in [-0.39, 0.29) is 17.3 Å². The molecule has 10 nitrogen and oxygen atoms in total. The number of carbonyl (C=O) groups is 2. The predicted molar refractivity (Wildman–Crippen MR) is 112 cm³/mol. The van der Waals surface area contributed by atoms with E-state index in [0.29, 0.717) is 23.1 Å². The molecular weight excluding hydrogens is 398 g/mol. The van der Waals surface area contributed by atoms with Gasteiger partial charge < -0.3 is 21.5 Å². The van der Waals surface area contributed by atoms with Gasteiger partial charge >= 0.3 is 0 Å². The van der Waals surface area contributed by atoms with Crippen LogP contribution < -0.4 is 21.5 Å². The number of nitrogens with zero attached hydrogens (tertiary/aromatic N) is 4. The lowest BCUT2D eigenvalue weighted by Gasteiger charge is -2.13. The van der Waals surface area contributed by atoms with Crippen LogP contribution in [0.5, 0.6) is 11.6 Å². The number of anilines is 1. The van der Waals surface area contributed by atoms with Crippen molar-refractivity contribution in [1.82, 2.24) is 19.9 Å². The summed E-state index contributed by atoms with van der Waals surface area (Å²) in [4.78, 5) is 40.2. The summed E-state index contributed by atoms with van der Waals surface area (Å²) in [5, 5.41) is 2.83. The SMILES string of the molecule is CC(Nc1cc(C(N)=O)nc(-c2ccc(Oc3cnc(C4CC4)cn3)cc2)n1)C(N)=O. The van der Waals surface area contributed by atoms with Crippen LogP contribution in [0.3, 0.4) is 0 Å². The molecule has 4 rings (SSSR count). The first-order valence-corrected chi connectivity index (χ1v) is 9.74. The van der Waals surface area contributed by atoms with E-state index in [9.17, 15) is 9.59 Å². The molecule has 1 unspecified atom stereocenters. The maximum absolute atomic E-state index is 11.7. The molecule has 31 heavy (non-hydrogen) atoms. The second-order valence-electron chi connectivity index (χ2n) is 7.27. The third-order valence-electron chi connectivity index (χ3n) is 4.75. The Labute approximate surface area is 178 Å². The first-order valence-electron chi connectivity index (χ1n) is 9.74. The van der Waals surface area contributed by atoms with Gasteiger partial charge in [0.1, 0.15) is 23.3 Å². The number of amides is 2. The fourth-order valence-corrected chi connectivity index (χ4v) is 2.83. The Morgan fingerprint density at radius 1 is 1.10 bits per heavy atom. The number of nitrogens with two attached hydrogens (primary N) is 2. The van der Waals surface area contributed by atoms with Gasteiger partial charge in [0.15, 0.2) is 5.82 Å². The van der Waals surface area contributed by atoms with Crippen molar-refractivity contribution in [1.29, 1.82) is 0 Å². The average Bonchev–Trinajstić information content (AvgIpc) is 3.60. The van der Waals surface area contributed by atoms with Crippen molar-refractivity contribution in [3.05, 3.63) is 54.1 Å². The van der Waals surface area contributed by atoms with Crippen LogP contribution in [0, 0.1) is 0 Å². The number of benzene rings is 1. The third-order valence-corrected chi connectivity index (χ3v) is 4.75. The van der Waals surface area contributed by atoms with Gasteiger partial charge in [0, 0.05) is 17.5 Å². The van der Waals surface area contributed by atoms with Crippen molar-refractivity contribution < 1.29 is 14.3 Å². The van der Waals surface area contributed by atoms with Gasteiger partial charge in [-0.2, -0.15) is 0 Å². The van der Waals surface area contributed by atoms with E-state index in [1.165, 1.54) is 6.07 Å². The minimum atomic E-state index is -0.716. The van der Waals surface area contributed by atoms with Crippen molar-refractivity contribution in [2.24, 2.45) is 11.5 Å². The van der Waals surface area contributed by atoms with Gasteiger partial charge in [-0.25, -0.2) is 15.0 Å². The summed E-state index contributed by atoms with van der Waals surface area (Å²) >= 11 is 0. The lowest BCUT2D eigenvalue weighted by molar-refractivity contribution is -0.118. The van der Waals surface area contributed by atoms with E-state index in [1.807, 2.05) is 0 Å². The quantitative estimate of drug-likeness (QED) is 0.500. The molecule has 2 amide bonds. The normalized spacial score (nSPS) is 14.0. The molecule has 5 N–H and O–H groups in total. The topological polar surface area (TPSA) is 159 Å². The van der Waals surface area contributed by atoms with Crippen molar-refractivity contribution in [3.8, 4) is 23.0 Å². The molecule has 0 bridgehead atoms. The molecule has 1 aliphatic rings. The molecule has 1 fully saturated rings. The molecule has 2 heterocycles. The molecule has 0 aliphatic heterocycles. The van der Waals surface area contributed by atoms with Crippen molar-refractivity contribution in [2.75, 3.05) is 5.32 Å². The maximum atomic E-state index is 11.7. The summed E-state index contributed by atoms with van der Waals surface area (Å²) < 4.78 is 5.74. The summed E-state index contributed by atoms with van der Waals surface area (Å²) in [6.07, 6.45) is 5.67. The van der Waals surface area contributed by atoms with Crippen molar-refractivity contribution in [3.63, 3.8) is 0 Å². The maximum Gasteiger partial charge on any atom is 0.267 e. The zero-order valence-corrected chi connectivity index (χ0v) is 16.8. The minimum absolute atomic E-state index is 0.00974. The van der Waals surface area contributed by atoms with E-state index in [0.717, 1.165) is 18.5 Å². The largest absolute Gasteiger partial charge is 0.438 e. The second kappa shape index (κ2) is 8.34. The average molecular weight is 419 g/mol. The van der Waals surface area contributed by atoms with Gasteiger partial charge in [0.25, 0.3) is 5.91 Å². The van der Waals surface area contributed by atoms with Crippen LogP contribution in [0.15, 0.2) is 42.7 Å². The number of hydrogen-bond acceptors (Lipinski definition) is 8. The summed E-state index contributed by atoms with van der Waals surface area (Å²) in [6, 6.07) is 7.61. The molecule has 158 valence electrons. The fourth-order valence-electron chi connectivity index (χ4n) is 2.83. The van der Waals surface area contributed by atoms with Gasteiger partial charge in [0.05, 0.1) is 18.1 Å². The number of ether oxygens (including phenoxy) is 1. The molecule has 1 saturated carbocycles. The Bertz CT molecular complexity index is 1110. The Morgan fingerprint density at radius 3 is 2.42 bits per heavy atom. The standard InChI is InChI=1S/C21H21N7O3/c1-11(19(22)29)26-17-8-15(20(23)30)27-21(28-17)13-4-6-14(7-5-13)31-18-10-24-16(9-25-18)12-2-3-12/h4-12H,2-3H2,1H3,(H2,22,29)(H2,23,30)(H,26,27,28). The van der Waals surface area contributed by atoms with Crippen LogP contribution in [-0.4, -0.2) is 37.8 Å². The van der Waals surface area contributed by atoms with E-state index in [4.69, 9.17) is 16.2 Å². The molecule has 3 aromatic rings. The van der Waals surface area contributed by atoms with E-state index in [1.54, 1.807) is 43.6 Å². The first-order chi connectivity index (χ1) is 14.9. The lowest BCUT2D eigenvalue weighted by atomic mass is 10.2. The molecule has 0 spiro atoms. The molecular formula is C21H21N7O3. The highest BCUT2D eigenvalue weighted by Crippen LogP contribution is 2.38. The van der Waals surface area contributed by atoms with E-state index >= 15 is 0 Å². The summed E-state index contributed by atoms with van der Waals surface area (Å²) in [5.41, 5.74) is 12.3. The zero-order chi connectivity index (χ0) is 22.0. The fraction of sp³-hybridized carbons (Fsp3) is 0.238. The molecule has 0 radical (unpaired) electrons. The molecule has 1 aromatic carbocycles. The van der Waals surface area contributed by atoms with E-state index < -0.39 is 17.9 Å². The van der Waals surface area contributed by atoms with Gasteiger partial charge in [-0.3, -0.25) is 14.6 Å². The number of carbonyl (C=O) groups excluding carboxylic acids is 2. The van der Waals surface area contributed by atoms with Crippen LogP contribution in [0.25, 0.3) is 11.4 Å². The van der Waals surface area contributed by atoms with Crippen LogP contribution in [-0.2, 0) is 4.79 Å². The van der Waals surface area contributed by atoms with Gasteiger partial charge in [-0.05, 0) is 44.0 Å². The van der Waals surface area contributed by atoms with Gasteiger partial charge in [-0.1, -0.05) is 0 Å². The molecule has 10 heteroatoms. The Balaban J connectivity index is 1.53. The highest BCUT2D eigenvalue weighted by Gasteiger charge is 2.25. The number of aromatic nitrogens is 4. The van der Waals surface area contributed by atoms with Gasteiger partial charge in [-0.15, -0.1) is 0 Å². The summed E-state index contributed by atoms with van der Waals surface area (Å²) in [5.74, 6) is 0.733. The summed E-state index contributed by atoms with van der Waals surface area (Å²) in [7, 11) is 0. The Hall–Kier alpha value is -4.08. The van der Waals surface area contributed by atoms with Crippen LogP contribution in [0.4, 0.5) is 5.82 Å². The van der Waals surface area contributed by atoms with Crippen molar-refractivity contribution >= 4 is 17.6 Å². The number of rotatable bonds is 8. The molecule has 1 aliphatic carbocycles. The second-order valence-corrected chi connectivity index (χ2v) is 7.27. The highest BCUT2D eigenvalue weighted by molar-refractivity contribution is 5.92. The monoisotopic (exact) mass is 419 g/mol. The van der Waals surface area contributed by atoms with Crippen LogP contribution in [0.1, 0.15) is 41.9 Å².